The van der Waals surface area contributed by atoms with Crippen molar-refractivity contribution in [3.05, 3.63) is 81.0 Å². The second kappa shape index (κ2) is 9.62. The van der Waals surface area contributed by atoms with Crippen molar-refractivity contribution in [3.63, 3.8) is 0 Å². The Morgan fingerprint density at radius 1 is 0.935 bits per heavy atom. The van der Waals surface area contributed by atoms with Crippen molar-refractivity contribution in [1.29, 1.82) is 0 Å². The van der Waals surface area contributed by atoms with Gasteiger partial charge in [0.15, 0.2) is 0 Å². The van der Waals surface area contributed by atoms with Crippen LogP contribution in [0.2, 0.25) is 0 Å². The fourth-order valence-corrected chi connectivity index (χ4v) is 3.06. The Morgan fingerprint density at radius 2 is 1.55 bits per heavy atom. The summed E-state index contributed by atoms with van der Waals surface area (Å²) in [6, 6.07) is 12.9. The molecule has 0 aliphatic carbocycles. The first-order valence-corrected chi connectivity index (χ1v) is 9.65. The van der Waals surface area contributed by atoms with E-state index in [1.54, 1.807) is 62.4 Å². The highest BCUT2D eigenvalue weighted by Gasteiger charge is 2.26. The molecule has 0 N–H and O–H groups in total. The lowest BCUT2D eigenvalue weighted by atomic mass is 9.99. The van der Waals surface area contributed by atoms with Crippen LogP contribution >= 0.6 is 0 Å². The van der Waals surface area contributed by atoms with Crippen LogP contribution in [0.25, 0.3) is 23.1 Å². The summed E-state index contributed by atoms with van der Waals surface area (Å²) in [6.45, 7) is 3.62. The fraction of sp³-hybridized carbons (Fsp3) is 0.174. The number of ether oxygens (including phenoxy) is 2. The highest BCUT2D eigenvalue weighted by molar-refractivity contribution is 6.13. The first-order valence-electron chi connectivity index (χ1n) is 9.65. The third-order valence-electron chi connectivity index (χ3n) is 4.42. The molecule has 0 saturated carbocycles. The summed E-state index contributed by atoms with van der Waals surface area (Å²) in [5.41, 5.74) is 1.48. The van der Waals surface area contributed by atoms with E-state index in [1.165, 1.54) is 12.1 Å². The Kier molecular flexibility index (Phi) is 6.71. The van der Waals surface area contributed by atoms with Gasteiger partial charge >= 0.3 is 11.9 Å². The SMILES string of the molecule is CCOC(=O)c1c(/C=C/c2ccc([N+](=O)[O-])cc2)nc2ccccc2c1C(=O)OCC. The number of rotatable bonds is 7. The van der Waals surface area contributed by atoms with Crippen molar-refractivity contribution in [2.45, 2.75) is 13.8 Å². The Morgan fingerprint density at radius 3 is 2.16 bits per heavy atom. The number of non-ortho nitro benzene ring substituents is 1. The van der Waals surface area contributed by atoms with Crippen LogP contribution in [-0.2, 0) is 9.47 Å². The van der Waals surface area contributed by atoms with Crippen LogP contribution in [0, 0.1) is 10.1 Å². The number of aromatic nitrogens is 1. The van der Waals surface area contributed by atoms with Gasteiger partial charge in [0, 0.05) is 17.5 Å². The summed E-state index contributed by atoms with van der Waals surface area (Å²) >= 11 is 0. The minimum absolute atomic E-state index is 0.0113. The zero-order valence-corrected chi connectivity index (χ0v) is 17.0. The van der Waals surface area contributed by atoms with E-state index in [0.29, 0.717) is 16.5 Å². The van der Waals surface area contributed by atoms with Crippen LogP contribution in [0.15, 0.2) is 48.5 Å². The Bertz CT molecular complexity index is 1170. The molecule has 8 heteroatoms. The molecule has 1 heterocycles. The number of nitrogens with zero attached hydrogens (tertiary/aromatic N) is 2. The molecule has 0 bridgehead atoms. The second-order valence-corrected chi connectivity index (χ2v) is 6.39. The number of carbonyl (C=O) groups is 2. The lowest BCUT2D eigenvalue weighted by Crippen LogP contribution is -2.17. The molecule has 0 fully saturated rings. The van der Waals surface area contributed by atoms with Crippen LogP contribution in [0.5, 0.6) is 0 Å². The summed E-state index contributed by atoms with van der Waals surface area (Å²) in [5.74, 6) is -1.33. The summed E-state index contributed by atoms with van der Waals surface area (Å²) in [4.78, 5) is 40.5. The highest BCUT2D eigenvalue weighted by Crippen LogP contribution is 2.27. The van der Waals surface area contributed by atoms with Crippen molar-refractivity contribution in [3.8, 4) is 0 Å². The van der Waals surface area contributed by atoms with E-state index < -0.39 is 16.9 Å². The van der Waals surface area contributed by atoms with Gasteiger partial charge in [0.25, 0.3) is 5.69 Å². The molecule has 0 atom stereocenters. The van der Waals surface area contributed by atoms with Crippen molar-refractivity contribution < 1.29 is 24.0 Å². The topological polar surface area (TPSA) is 109 Å². The molecule has 158 valence electrons. The third kappa shape index (κ3) is 4.75. The van der Waals surface area contributed by atoms with Gasteiger partial charge in [-0.25, -0.2) is 14.6 Å². The quantitative estimate of drug-likeness (QED) is 0.310. The normalized spacial score (nSPS) is 10.9. The van der Waals surface area contributed by atoms with E-state index in [1.807, 2.05) is 0 Å². The van der Waals surface area contributed by atoms with Gasteiger partial charge in [-0.1, -0.05) is 24.3 Å². The van der Waals surface area contributed by atoms with Crippen molar-refractivity contribution >= 4 is 40.7 Å². The second-order valence-electron chi connectivity index (χ2n) is 6.39. The fourth-order valence-electron chi connectivity index (χ4n) is 3.06. The maximum Gasteiger partial charge on any atom is 0.341 e. The van der Waals surface area contributed by atoms with E-state index in [0.717, 1.165) is 0 Å². The summed E-state index contributed by atoms with van der Waals surface area (Å²) in [5, 5.41) is 11.3. The molecular formula is C23H20N2O6. The number of hydrogen-bond acceptors (Lipinski definition) is 7. The number of nitro groups is 1. The van der Waals surface area contributed by atoms with E-state index in [-0.39, 0.29) is 35.7 Å². The van der Waals surface area contributed by atoms with E-state index >= 15 is 0 Å². The first-order chi connectivity index (χ1) is 15.0. The molecule has 2 aromatic carbocycles. The van der Waals surface area contributed by atoms with Gasteiger partial charge in [-0.2, -0.15) is 0 Å². The molecule has 3 rings (SSSR count). The van der Waals surface area contributed by atoms with Gasteiger partial charge in [0.2, 0.25) is 0 Å². The van der Waals surface area contributed by atoms with Crippen LogP contribution in [0.3, 0.4) is 0 Å². The number of nitro benzene ring substituents is 1. The molecule has 31 heavy (non-hydrogen) atoms. The molecule has 0 unspecified atom stereocenters. The number of hydrogen-bond donors (Lipinski definition) is 0. The number of fused-ring (bicyclic) bond motifs is 1. The van der Waals surface area contributed by atoms with Gasteiger partial charge in [0.1, 0.15) is 5.56 Å². The lowest BCUT2D eigenvalue weighted by molar-refractivity contribution is -0.384. The standard InChI is InChI=1S/C23H20N2O6/c1-3-30-22(26)20-17-7-5-6-8-18(17)24-19(21(20)23(27)31-4-2)14-11-15-9-12-16(13-10-15)25(28)29/h5-14H,3-4H2,1-2H3/b14-11+. The molecule has 0 saturated heterocycles. The minimum Gasteiger partial charge on any atom is -0.462 e. The molecule has 0 spiro atoms. The third-order valence-corrected chi connectivity index (χ3v) is 4.42. The van der Waals surface area contributed by atoms with E-state index in [9.17, 15) is 19.7 Å². The van der Waals surface area contributed by atoms with Crippen molar-refractivity contribution in [1.82, 2.24) is 4.98 Å². The smallest absolute Gasteiger partial charge is 0.341 e. The highest BCUT2D eigenvalue weighted by atomic mass is 16.6. The van der Waals surface area contributed by atoms with Crippen molar-refractivity contribution in [2.75, 3.05) is 13.2 Å². The molecule has 0 amide bonds. The van der Waals surface area contributed by atoms with Gasteiger partial charge in [-0.05, 0) is 43.7 Å². The average molecular weight is 420 g/mol. The predicted octanol–water partition coefficient (Wildman–Crippen LogP) is 4.67. The Balaban J connectivity index is 2.19. The largest absolute Gasteiger partial charge is 0.462 e. The van der Waals surface area contributed by atoms with Gasteiger partial charge in [0.05, 0.1) is 34.9 Å². The van der Waals surface area contributed by atoms with E-state index in [4.69, 9.17) is 9.47 Å². The predicted molar refractivity (Wildman–Crippen MR) is 116 cm³/mol. The molecule has 1 aromatic heterocycles. The molecule has 0 radical (unpaired) electrons. The zero-order valence-electron chi connectivity index (χ0n) is 17.0. The first kappa shape index (κ1) is 21.6. The van der Waals surface area contributed by atoms with Gasteiger partial charge < -0.3 is 9.47 Å². The lowest BCUT2D eigenvalue weighted by Gasteiger charge is -2.14. The monoisotopic (exact) mass is 420 g/mol. The molecular weight excluding hydrogens is 400 g/mol. The number of pyridine rings is 1. The summed E-state index contributed by atoms with van der Waals surface area (Å²) in [7, 11) is 0. The number of benzene rings is 2. The Labute approximate surface area is 178 Å². The van der Waals surface area contributed by atoms with Crippen molar-refractivity contribution in [2.24, 2.45) is 0 Å². The summed E-state index contributed by atoms with van der Waals surface area (Å²) in [6.07, 6.45) is 3.22. The maximum absolute atomic E-state index is 12.8. The number of carbonyl (C=O) groups excluding carboxylic acids is 2. The molecule has 0 aliphatic rings. The van der Waals surface area contributed by atoms with E-state index in [2.05, 4.69) is 4.98 Å². The molecule has 3 aromatic rings. The van der Waals surface area contributed by atoms with Gasteiger partial charge in [-0.3, -0.25) is 10.1 Å². The molecule has 8 nitrogen and oxygen atoms in total. The van der Waals surface area contributed by atoms with Crippen LogP contribution in [0.1, 0.15) is 45.8 Å². The molecule has 0 aliphatic heterocycles. The van der Waals surface area contributed by atoms with Crippen LogP contribution < -0.4 is 0 Å². The van der Waals surface area contributed by atoms with Crippen LogP contribution in [0.4, 0.5) is 5.69 Å². The summed E-state index contributed by atoms with van der Waals surface area (Å²) < 4.78 is 10.4. The minimum atomic E-state index is -0.688. The zero-order chi connectivity index (χ0) is 22.4. The maximum atomic E-state index is 12.8. The number of para-hydroxylation sites is 1. The average Bonchev–Trinajstić information content (AvgIpc) is 2.77. The number of esters is 2. The Hall–Kier alpha value is -4.07. The van der Waals surface area contributed by atoms with Gasteiger partial charge in [-0.15, -0.1) is 0 Å². The van der Waals surface area contributed by atoms with Crippen LogP contribution in [-0.4, -0.2) is 35.1 Å².